The number of ether oxygens (including phenoxy) is 1. The van der Waals surface area contributed by atoms with Crippen LogP contribution in [0.1, 0.15) is 50.3 Å². The van der Waals surface area contributed by atoms with Crippen molar-refractivity contribution >= 4 is 0 Å². The fourth-order valence-electron chi connectivity index (χ4n) is 4.38. The van der Waals surface area contributed by atoms with Crippen molar-refractivity contribution in [1.82, 2.24) is 0 Å². The van der Waals surface area contributed by atoms with E-state index in [1.807, 2.05) is 6.07 Å². The first-order chi connectivity index (χ1) is 9.05. The van der Waals surface area contributed by atoms with E-state index in [1.54, 1.807) is 0 Å². The Morgan fingerprint density at radius 2 is 2.00 bits per heavy atom. The third kappa shape index (κ3) is 1.80. The Bertz CT molecular complexity index is 510. The van der Waals surface area contributed by atoms with Crippen molar-refractivity contribution in [2.75, 3.05) is 0 Å². The number of hydrogen-bond acceptors (Lipinski definition) is 2. The highest BCUT2D eigenvalue weighted by atomic mass is 16.5. The van der Waals surface area contributed by atoms with Gasteiger partial charge < -0.3 is 9.84 Å². The number of benzene rings is 1. The summed E-state index contributed by atoms with van der Waals surface area (Å²) in [7, 11) is 0. The molecule has 0 saturated heterocycles. The second-order valence-corrected chi connectivity index (χ2v) is 7.19. The van der Waals surface area contributed by atoms with Crippen LogP contribution in [0.4, 0.5) is 0 Å². The summed E-state index contributed by atoms with van der Waals surface area (Å²) in [5.74, 6) is 3.13. The van der Waals surface area contributed by atoms with Crippen LogP contribution in [0.2, 0.25) is 0 Å². The SMILES string of the molecule is CC1(C)Cc2cc(C(O)C3C4CCCC43)ccc2O1. The zero-order valence-electron chi connectivity index (χ0n) is 11.7. The third-order valence-electron chi connectivity index (χ3n) is 5.27. The van der Waals surface area contributed by atoms with Gasteiger partial charge in [0, 0.05) is 6.42 Å². The largest absolute Gasteiger partial charge is 0.487 e. The van der Waals surface area contributed by atoms with Crippen LogP contribution in [0, 0.1) is 17.8 Å². The molecule has 0 aromatic heterocycles. The number of hydrogen-bond donors (Lipinski definition) is 1. The van der Waals surface area contributed by atoms with Gasteiger partial charge in [-0.05, 0) is 67.7 Å². The maximum Gasteiger partial charge on any atom is 0.123 e. The number of aliphatic hydroxyl groups is 1. The Hall–Kier alpha value is -1.02. The predicted molar refractivity (Wildman–Crippen MR) is 74.1 cm³/mol. The summed E-state index contributed by atoms with van der Waals surface area (Å²) in [5, 5.41) is 10.6. The first-order valence-corrected chi connectivity index (χ1v) is 7.55. The zero-order chi connectivity index (χ0) is 13.2. The van der Waals surface area contributed by atoms with E-state index in [2.05, 4.69) is 26.0 Å². The first kappa shape index (κ1) is 11.8. The van der Waals surface area contributed by atoms with Crippen LogP contribution >= 0.6 is 0 Å². The number of fused-ring (bicyclic) bond motifs is 2. The highest BCUT2D eigenvalue weighted by Gasteiger charge is 2.55. The van der Waals surface area contributed by atoms with E-state index in [4.69, 9.17) is 4.74 Å². The van der Waals surface area contributed by atoms with Gasteiger partial charge >= 0.3 is 0 Å². The molecule has 1 aromatic carbocycles. The standard InChI is InChI=1S/C17H22O2/c1-17(2)9-11-8-10(6-7-14(11)19-17)16(18)15-12-4-3-5-13(12)15/h6-8,12-13,15-16,18H,3-5,9H2,1-2H3. The summed E-state index contributed by atoms with van der Waals surface area (Å²) in [6.45, 7) is 4.24. The molecule has 1 aliphatic heterocycles. The molecule has 0 amide bonds. The Morgan fingerprint density at radius 1 is 1.26 bits per heavy atom. The van der Waals surface area contributed by atoms with Crippen molar-refractivity contribution in [3.8, 4) is 5.75 Å². The van der Waals surface area contributed by atoms with Gasteiger partial charge in [-0.1, -0.05) is 12.5 Å². The van der Waals surface area contributed by atoms with Gasteiger partial charge in [-0.25, -0.2) is 0 Å². The molecule has 0 radical (unpaired) electrons. The Balaban J connectivity index is 1.57. The summed E-state index contributed by atoms with van der Waals surface area (Å²) in [6, 6.07) is 6.27. The molecule has 0 spiro atoms. The van der Waals surface area contributed by atoms with Crippen molar-refractivity contribution < 1.29 is 9.84 Å². The zero-order valence-corrected chi connectivity index (χ0v) is 11.7. The van der Waals surface area contributed by atoms with Crippen LogP contribution in [-0.4, -0.2) is 10.7 Å². The quantitative estimate of drug-likeness (QED) is 0.880. The van der Waals surface area contributed by atoms with Gasteiger partial charge in [-0.2, -0.15) is 0 Å². The van der Waals surface area contributed by atoms with E-state index in [0.29, 0.717) is 5.92 Å². The summed E-state index contributed by atoms with van der Waals surface area (Å²) in [4.78, 5) is 0. The van der Waals surface area contributed by atoms with Crippen LogP contribution in [0.3, 0.4) is 0 Å². The summed E-state index contributed by atoms with van der Waals surface area (Å²) in [6.07, 6.45) is 4.70. The van der Waals surface area contributed by atoms with E-state index in [1.165, 1.54) is 24.8 Å². The summed E-state index contributed by atoms with van der Waals surface area (Å²) in [5.41, 5.74) is 2.26. The van der Waals surface area contributed by atoms with Gasteiger partial charge in [0.05, 0.1) is 6.10 Å². The van der Waals surface area contributed by atoms with Crippen LogP contribution in [-0.2, 0) is 6.42 Å². The summed E-state index contributed by atoms with van der Waals surface area (Å²) >= 11 is 0. The maximum atomic E-state index is 10.6. The van der Waals surface area contributed by atoms with Crippen molar-refractivity contribution in [3.05, 3.63) is 29.3 Å². The number of aliphatic hydroxyl groups excluding tert-OH is 1. The van der Waals surface area contributed by atoms with Crippen molar-refractivity contribution in [2.45, 2.75) is 51.2 Å². The van der Waals surface area contributed by atoms with E-state index < -0.39 is 0 Å². The maximum absolute atomic E-state index is 10.6. The highest BCUT2D eigenvalue weighted by Crippen LogP contribution is 2.62. The Kier molecular flexibility index (Phi) is 2.33. The lowest BCUT2D eigenvalue weighted by atomic mass is 9.95. The van der Waals surface area contributed by atoms with Crippen LogP contribution in [0.25, 0.3) is 0 Å². The predicted octanol–water partition coefficient (Wildman–Crippen LogP) is 3.48. The molecule has 2 heteroatoms. The van der Waals surface area contributed by atoms with Gasteiger partial charge in [-0.15, -0.1) is 0 Å². The van der Waals surface area contributed by atoms with E-state index in [-0.39, 0.29) is 11.7 Å². The van der Waals surface area contributed by atoms with Crippen LogP contribution in [0.5, 0.6) is 5.75 Å². The minimum atomic E-state index is -0.260. The van der Waals surface area contributed by atoms with Crippen LogP contribution in [0.15, 0.2) is 18.2 Å². The fraction of sp³-hybridized carbons (Fsp3) is 0.647. The molecule has 3 atom stereocenters. The van der Waals surface area contributed by atoms with E-state index in [9.17, 15) is 5.11 Å². The molecule has 3 unspecified atom stereocenters. The van der Waals surface area contributed by atoms with E-state index in [0.717, 1.165) is 29.6 Å². The lowest BCUT2D eigenvalue weighted by Gasteiger charge is -2.16. The minimum absolute atomic E-state index is 0.0952. The topological polar surface area (TPSA) is 29.5 Å². The number of rotatable bonds is 2. The molecule has 0 bridgehead atoms. The molecule has 1 heterocycles. The molecule has 19 heavy (non-hydrogen) atoms. The van der Waals surface area contributed by atoms with Gasteiger partial charge in [0.2, 0.25) is 0 Å². The first-order valence-electron chi connectivity index (χ1n) is 7.55. The highest BCUT2D eigenvalue weighted by molar-refractivity contribution is 5.42. The van der Waals surface area contributed by atoms with Gasteiger partial charge in [0.25, 0.3) is 0 Å². The molecular weight excluding hydrogens is 236 g/mol. The molecule has 1 N–H and O–H groups in total. The molecule has 2 fully saturated rings. The average Bonchev–Trinajstić information content (AvgIpc) is 2.71. The Labute approximate surface area is 114 Å². The second-order valence-electron chi connectivity index (χ2n) is 7.19. The molecule has 2 nitrogen and oxygen atoms in total. The fourth-order valence-corrected chi connectivity index (χ4v) is 4.38. The molecule has 2 aliphatic carbocycles. The summed E-state index contributed by atoms with van der Waals surface area (Å²) < 4.78 is 5.90. The van der Waals surface area contributed by atoms with E-state index >= 15 is 0 Å². The lowest BCUT2D eigenvalue weighted by Crippen LogP contribution is -2.24. The van der Waals surface area contributed by atoms with Crippen molar-refractivity contribution in [2.24, 2.45) is 17.8 Å². The average molecular weight is 258 g/mol. The van der Waals surface area contributed by atoms with Crippen LogP contribution < -0.4 is 4.74 Å². The molecule has 102 valence electrons. The lowest BCUT2D eigenvalue weighted by molar-refractivity contribution is 0.137. The van der Waals surface area contributed by atoms with Crippen molar-refractivity contribution in [3.63, 3.8) is 0 Å². The normalized spacial score (nSPS) is 35.4. The van der Waals surface area contributed by atoms with Gasteiger partial charge in [0.1, 0.15) is 11.4 Å². The second kappa shape index (κ2) is 3.76. The molecule has 1 aromatic rings. The van der Waals surface area contributed by atoms with Crippen molar-refractivity contribution in [1.29, 1.82) is 0 Å². The van der Waals surface area contributed by atoms with Gasteiger partial charge in [-0.3, -0.25) is 0 Å². The molecule has 4 rings (SSSR count). The monoisotopic (exact) mass is 258 g/mol. The minimum Gasteiger partial charge on any atom is -0.487 e. The molecule has 2 saturated carbocycles. The third-order valence-corrected chi connectivity index (χ3v) is 5.27. The molecule has 3 aliphatic rings. The smallest absolute Gasteiger partial charge is 0.123 e. The Morgan fingerprint density at radius 3 is 2.74 bits per heavy atom. The van der Waals surface area contributed by atoms with Gasteiger partial charge in [0.15, 0.2) is 0 Å². The molecular formula is C17H22O2.